The lowest BCUT2D eigenvalue weighted by atomic mass is 10.1. The highest BCUT2D eigenvalue weighted by atomic mass is 79.9. The van der Waals surface area contributed by atoms with E-state index in [1.165, 1.54) is 0 Å². The SMILES string of the molecule is Clc1cc(Br)c2c(c1)oc1cc3ccncc3cc12. The first-order valence-electron chi connectivity index (χ1n) is 5.77. The number of pyridine rings is 1. The van der Waals surface area contributed by atoms with Crippen LogP contribution in [0.15, 0.2) is 51.6 Å². The molecule has 0 unspecified atom stereocenters. The summed E-state index contributed by atoms with van der Waals surface area (Å²) in [5, 5.41) is 4.98. The van der Waals surface area contributed by atoms with E-state index < -0.39 is 0 Å². The van der Waals surface area contributed by atoms with E-state index in [0.717, 1.165) is 37.2 Å². The maximum Gasteiger partial charge on any atom is 0.138 e. The molecule has 2 nitrogen and oxygen atoms in total. The fraction of sp³-hybridized carbons (Fsp3) is 0. The molecule has 0 saturated heterocycles. The first-order valence-corrected chi connectivity index (χ1v) is 6.94. The van der Waals surface area contributed by atoms with Gasteiger partial charge in [-0.1, -0.05) is 11.6 Å². The summed E-state index contributed by atoms with van der Waals surface area (Å²) in [6.45, 7) is 0. The molecule has 0 amide bonds. The molecule has 4 rings (SSSR count). The molecular weight excluding hydrogens is 326 g/mol. The van der Waals surface area contributed by atoms with Crippen molar-refractivity contribution >= 4 is 60.2 Å². The number of benzene rings is 2. The van der Waals surface area contributed by atoms with Gasteiger partial charge in [0.15, 0.2) is 0 Å². The highest BCUT2D eigenvalue weighted by Crippen LogP contribution is 2.37. The third-order valence-corrected chi connectivity index (χ3v) is 4.09. The van der Waals surface area contributed by atoms with Crippen molar-refractivity contribution < 1.29 is 4.42 Å². The van der Waals surface area contributed by atoms with E-state index in [9.17, 15) is 0 Å². The van der Waals surface area contributed by atoms with Gasteiger partial charge in [-0.15, -0.1) is 0 Å². The molecule has 0 spiro atoms. The molecule has 92 valence electrons. The average Bonchev–Trinajstić information content (AvgIpc) is 2.72. The zero-order valence-corrected chi connectivity index (χ0v) is 12.0. The molecular formula is C15H7BrClNO. The Balaban J connectivity index is 2.26. The predicted molar refractivity (Wildman–Crippen MR) is 81.7 cm³/mol. The minimum atomic E-state index is 0.657. The van der Waals surface area contributed by atoms with E-state index >= 15 is 0 Å². The number of halogens is 2. The first kappa shape index (κ1) is 11.3. The Morgan fingerprint density at radius 3 is 2.84 bits per heavy atom. The van der Waals surface area contributed by atoms with Crippen molar-refractivity contribution in [3.63, 3.8) is 0 Å². The lowest BCUT2D eigenvalue weighted by Gasteiger charge is -1.97. The van der Waals surface area contributed by atoms with E-state index in [4.69, 9.17) is 16.0 Å². The van der Waals surface area contributed by atoms with Crippen molar-refractivity contribution in [2.45, 2.75) is 0 Å². The lowest BCUT2D eigenvalue weighted by Crippen LogP contribution is -1.75. The van der Waals surface area contributed by atoms with E-state index in [1.54, 1.807) is 6.20 Å². The lowest BCUT2D eigenvalue weighted by molar-refractivity contribution is 0.669. The number of nitrogens with zero attached hydrogens (tertiary/aromatic N) is 1. The van der Waals surface area contributed by atoms with E-state index in [1.807, 2.05) is 30.5 Å². The molecule has 0 atom stereocenters. The summed E-state index contributed by atoms with van der Waals surface area (Å²) < 4.78 is 6.83. The molecule has 2 heterocycles. The van der Waals surface area contributed by atoms with Gasteiger partial charge in [0.25, 0.3) is 0 Å². The van der Waals surface area contributed by atoms with Gasteiger partial charge in [0.05, 0.1) is 0 Å². The minimum absolute atomic E-state index is 0.657. The maximum atomic E-state index is 6.06. The van der Waals surface area contributed by atoms with Crippen molar-refractivity contribution in [1.29, 1.82) is 0 Å². The molecule has 4 aromatic rings. The van der Waals surface area contributed by atoms with E-state index in [0.29, 0.717) is 5.02 Å². The molecule has 0 aliphatic rings. The normalized spacial score (nSPS) is 11.7. The van der Waals surface area contributed by atoms with Crippen LogP contribution in [-0.4, -0.2) is 4.98 Å². The molecule has 0 saturated carbocycles. The Labute approximate surface area is 122 Å². The highest BCUT2D eigenvalue weighted by molar-refractivity contribution is 9.10. The standard InChI is InChI=1S/C15H7BrClNO/c16-12-5-10(17)6-14-15(12)11-3-9-7-18-2-1-8(9)4-13(11)19-14/h1-7H. The number of rotatable bonds is 0. The highest BCUT2D eigenvalue weighted by Gasteiger charge is 2.12. The van der Waals surface area contributed by atoms with Gasteiger partial charge in [-0.3, -0.25) is 4.98 Å². The fourth-order valence-corrected chi connectivity index (χ4v) is 3.40. The van der Waals surface area contributed by atoms with Gasteiger partial charge >= 0.3 is 0 Å². The van der Waals surface area contributed by atoms with Crippen molar-refractivity contribution in [3.05, 3.63) is 52.2 Å². The number of hydrogen-bond donors (Lipinski definition) is 0. The summed E-state index contributed by atoms with van der Waals surface area (Å²) in [6, 6.07) is 9.83. The summed E-state index contributed by atoms with van der Waals surface area (Å²) in [6.07, 6.45) is 3.64. The number of aromatic nitrogens is 1. The minimum Gasteiger partial charge on any atom is -0.456 e. The molecule has 4 heteroatoms. The van der Waals surface area contributed by atoms with Gasteiger partial charge in [-0.25, -0.2) is 0 Å². The second-order valence-corrected chi connectivity index (χ2v) is 5.72. The van der Waals surface area contributed by atoms with Crippen LogP contribution in [0.1, 0.15) is 0 Å². The maximum absolute atomic E-state index is 6.06. The first-order chi connectivity index (χ1) is 9.22. The van der Waals surface area contributed by atoms with Crippen LogP contribution >= 0.6 is 27.5 Å². The largest absolute Gasteiger partial charge is 0.456 e. The van der Waals surface area contributed by atoms with Gasteiger partial charge in [-0.05, 0) is 45.6 Å². The molecule has 2 aromatic carbocycles. The summed E-state index contributed by atoms with van der Waals surface area (Å²) >= 11 is 9.61. The summed E-state index contributed by atoms with van der Waals surface area (Å²) in [5.74, 6) is 0. The smallest absolute Gasteiger partial charge is 0.138 e. The Bertz CT molecular complexity index is 945. The second kappa shape index (κ2) is 3.95. The quantitative estimate of drug-likeness (QED) is 0.422. The molecule has 0 bridgehead atoms. The van der Waals surface area contributed by atoms with Crippen LogP contribution < -0.4 is 0 Å². The van der Waals surface area contributed by atoms with Crippen molar-refractivity contribution in [3.8, 4) is 0 Å². The molecule has 2 aromatic heterocycles. The number of fused-ring (bicyclic) bond motifs is 4. The van der Waals surface area contributed by atoms with Crippen LogP contribution in [0.2, 0.25) is 5.02 Å². The molecule has 19 heavy (non-hydrogen) atoms. The monoisotopic (exact) mass is 331 g/mol. The van der Waals surface area contributed by atoms with Crippen LogP contribution in [0.5, 0.6) is 0 Å². The summed E-state index contributed by atoms with van der Waals surface area (Å²) in [5.41, 5.74) is 1.65. The van der Waals surface area contributed by atoms with Crippen LogP contribution in [0.25, 0.3) is 32.7 Å². The zero-order valence-electron chi connectivity index (χ0n) is 9.65. The van der Waals surface area contributed by atoms with Gasteiger partial charge in [0.1, 0.15) is 11.2 Å². The second-order valence-electron chi connectivity index (χ2n) is 4.43. The molecule has 0 N–H and O–H groups in total. The zero-order chi connectivity index (χ0) is 13.0. The number of hydrogen-bond acceptors (Lipinski definition) is 2. The van der Waals surface area contributed by atoms with Gasteiger partial charge in [0.2, 0.25) is 0 Å². The topological polar surface area (TPSA) is 26.0 Å². The van der Waals surface area contributed by atoms with Crippen molar-refractivity contribution in [1.82, 2.24) is 4.98 Å². The van der Waals surface area contributed by atoms with E-state index in [-0.39, 0.29) is 0 Å². The Morgan fingerprint density at radius 1 is 1.05 bits per heavy atom. The Kier molecular flexibility index (Phi) is 2.34. The van der Waals surface area contributed by atoms with Crippen LogP contribution in [0.4, 0.5) is 0 Å². The van der Waals surface area contributed by atoms with Gasteiger partial charge < -0.3 is 4.42 Å². The van der Waals surface area contributed by atoms with Crippen LogP contribution in [0, 0.1) is 0 Å². The van der Waals surface area contributed by atoms with Gasteiger partial charge in [-0.2, -0.15) is 0 Å². The predicted octanol–water partition coefficient (Wildman–Crippen LogP) is 5.55. The van der Waals surface area contributed by atoms with Crippen molar-refractivity contribution in [2.75, 3.05) is 0 Å². The number of furan rings is 1. The fourth-order valence-electron chi connectivity index (χ4n) is 2.41. The Hall–Kier alpha value is -1.58. The Morgan fingerprint density at radius 2 is 1.95 bits per heavy atom. The third-order valence-electron chi connectivity index (χ3n) is 3.25. The third kappa shape index (κ3) is 1.66. The van der Waals surface area contributed by atoms with Crippen molar-refractivity contribution in [2.24, 2.45) is 0 Å². The molecule has 0 radical (unpaired) electrons. The van der Waals surface area contributed by atoms with E-state index in [2.05, 4.69) is 27.0 Å². The van der Waals surface area contributed by atoms with Crippen LogP contribution in [-0.2, 0) is 0 Å². The summed E-state index contributed by atoms with van der Waals surface area (Å²) in [7, 11) is 0. The average molecular weight is 333 g/mol. The van der Waals surface area contributed by atoms with Gasteiger partial charge in [0, 0.05) is 44.1 Å². The molecule has 0 fully saturated rings. The molecule has 0 aliphatic heterocycles. The molecule has 0 aliphatic carbocycles. The summed E-state index contributed by atoms with van der Waals surface area (Å²) in [4.78, 5) is 4.16. The van der Waals surface area contributed by atoms with Crippen LogP contribution in [0.3, 0.4) is 0 Å².